The van der Waals surface area contributed by atoms with Gasteiger partial charge >= 0.3 is 0 Å². The Kier molecular flexibility index (Phi) is 3.77. The molecule has 1 saturated heterocycles. The van der Waals surface area contributed by atoms with Gasteiger partial charge in [-0.2, -0.15) is 0 Å². The lowest BCUT2D eigenvalue weighted by Gasteiger charge is -2.11. The minimum Gasteiger partial charge on any atom is -0.378 e. The summed E-state index contributed by atoms with van der Waals surface area (Å²) in [6.07, 6.45) is 0.859. The van der Waals surface area contributed by atoms with E-state index in [9.17, 15) is 9.59 Å². The van der Waals surface area contributed by atoms with Crippen molar-refractivity contribution in [1.82, 2.24) is 0 Å². The van der Waals surface area contributed by atoms with Crippen LogP contribution in [-0.2, 0) is 9.53 Å². The molecule has 1 amide bonds. The van der Waals surface area contributed by atoms with Gasteiger partial charge in [0.2, 0.25) is 5.91 Å². The molecular weight excluding hydrogens is 230 g/mol. The molecule has 96 valence electrons. The van der Waals surface area contributed by atoms with Crippen LogP contribution in [-0.4, -0.2) is 24.4 Å². The van der Waals surface area contributed by atoms with Crippen molar-refractivity contribution in [3.05, 3.63) is 29.8 Å². The van der Waals surface area contributed by atoms with Gasteiger partial charge in [-0.15, -0.1) is 0 Å². The van der Waals surface area contributed by atoms with Gasteiger partial charge in [-0.3, -0.25) is 9.59 Å². The highest BCUT2D eigenvalue weighted by Gasteiger charge is 2.28. The number of para-hydroxylation sites is 1. The highest BCUT2D eigenvalue weighted by Crippen LogP contribution is 2.22. The van der Waals surface area contributed by atoms with Crippen molar-refractivity contribution in [2.75, 3.05) is 11.9 Å². The summed E-state index contributed by atoms with van der Waals surface area (Å²) in [4.78, 5) is 23.5. The number of Topliss-reactive ketones (excluding diaryl/α,β-unsaturated/α-hetero) is 1. The quantitative estimate of drug-likeness (QED) is 0.833. The molecular formula is C14H17NO3. The third-order valence-corrected chi connectivity index (χ3v) is 3.13. The molecule has 1 heterocycles. The molecule has 2 atom stereocenters. The van der Waals surface area contributed by atoms with Crippen LogP contribution in [0.1, 0.15) is 30.6 Å². The van der Waals surface area contributed by atoms with Crippen LogP contribution in [0, 0.1) is 5.92 Å². The molecule has 4 nitrogen and oxygen atoms in total. The van der Waals surface area contributed by atoms with Gasteiger partial charge in [0, 0.05) is 5.56 Å². The minimum absolute atomic E-state index is 0.0538. The monoisotopic (exact) mass is 247 g/mol. The predicted molar refractivity (Wildman–Crippen MR) is 68.6 cm³/mol. The Labute approximate surface area is 106 Å². The summed E-state index contributed by atoms with van der Waals surface area (Å²) in [6.45, 7) is 3.90. The second kappa shape index (κ2) is 5.31. The fourth-order valence-electron chi connectivity index (χ4n) is 2.13. The van der Waals surface area contributed by atoms with E-state index >= 15 is 0 Å². The molecule has 0 spiro atoms. The normalized spacial score (nSPS) is 22.8. The Balaban J connectivity index is 2.09. The number of hydrogen-bond acceptors (Lipinski definition) is 3. The molecule has 1 aromatic carbocycles. The summed E-state index contributed by atoms with van der Waals surface area (Å²) >= 11 is 0. The van der Waals surface area contributed by atoms with E-state index < -0.39 is 0 Å². The second-order valence-electron chi connectivity index (χ2n) is 4.67. The number of amides is 1. The van der Waals surface area contributed by atoms with E-state index in [1.807, 2.05) is 6.92 Å². The summed E-state index contributed by atoms with van der Waals surface area (Å²) in [6, 6.07) is 7.04. The average molecular weight is 247 g/mol. The lowest BCUT2D eigenvalue weighted by Crippen LogP contribution is -2.24. The van der Waals surface area contributed by atoms with Gasteiger partial charge in [-0.1, -0.05) is 12.1 Å². The average Bonchev–Trinajstić information content (AvgIpc) is 2.76. The molecule has 2 unspecified atom stereocenters. The van der Waals surface area contributed by atoms with Gasteiger partial charge in [-0.25, -0.2) is 0 Å². The number of hydrogen-bond donors (Lipinski definition) is 1. The maximum absolute atomic E-state index is 12.0. The molecule has 0 aromatic heterocycles. The zero-order valence-electron chi connectivity index (χ0n) is 10.6. The van der Waals surface area contributed by atoms with E-state index in [1.54, 1.807) is 24.3 Å². The van der Waals surface area contributed by atoms with Gasteiger partial charge < -0.3 is 10.1 Å². The molecule has 1 aliphatic rings. The van der Waals surface area contributed by atoms with E-state index in [4.69, 9.17) is 4.74 Å². The summed E-state index contributed by atoms with van der Waals surface area (Å²) in [5.74, 6) is -0.255. The smallest absolute Gasteiger partial charge is 0.229 e. The largest absolute Gasteiger partial charge is 0.378 e. The van der Waals surface area contributed by atoms with Crippen LogP contribution in [0.3, 0.4) is 0 Å². The first-order valence-corrected chi connectivity index (χ1v) is 6.10. The van der Waals surface area contributed by atoms with Crippen molar-refractivity contribution in [2.24, 2.45) is 5.92 Å². The van der Waals surface area contributed by atoms with Crippen molar-refractivity contribution in [3.63, 3.8) is 0 Å². The first kappa shape index (κ1) is 12.8. The zero-order chi connectivity index (χ0) is 13.1. The summed E-state index contributed by atoms with van der Waals surface area (Å²) in [7, 11) is 0. The maximum atomic E-state index is 12.0. The number of nitrogens with one attached hydrogen (secondary N) is 1. The molecule has 18 heavy (non-hydrogen) atoms. The number of rotatable bonds is 3. The number of ether oxygens (including phenoxy) is 1. The van der Waals surface area contributed by atoms with E-state index in [0.29, 0.717) is 17.9 Å². The SMILES string of the molecule is CC(=O)c1ccccc1NC(=O)C1COC(C)C1. The van der Waals surface area contributed by atoms with Crippen molar-refractivity contribution in [1.29, 1.82) is 0 Å². The number of ketones is 1. The molecule has 0 bridgehead atoms. The van der Waals surface area contributed by atoms with E-state index in [1.165, 1.54) is 6.92 Å². The van der Waals surface area contributed by atoms with Crippen LogP contribution in [0.4, 0.5) is 5.69 Å². The predicted octanol–water partition coefficient (Wildman–Crippen LogP) is 2.25. The Hall–Kier alpha value is -1.68. The fourth-order valence-corrected chi connectivity index (χ4v) is 2.13. The van der Waals surface area contributed by atoms with Crippen LogP contribution in [0.25, 0.3) is 0 Å². The second-order valence-corrected chi connectivity index (χ2v) is 4.67. The third kappa shape index (κ3) is 2.76. The first-order valence-electron chi connectivity index (χ1n) is 6.10. The standard InChI is InChI=1S/C14H17NO3/c1-9-7-11(8-18-9)14(17)15-13-6-4-3-5-12(13)10(2)16/h3-6,9,11H,7-8H2,1-2H3,(H,15,17). The van der Waals surface area contributed by atoms with Gasteiger partial charge in [0.05, 0.1) is 24.3 Å². The molecule has 1 aromatic rings. The van der Waals surface area contributed by atoms with E-state index in [2.05, 4.69) is 5.32 Å². The topological polar surface area (TPSA) is 55.4 Å². The van der Waals surface area contributed by atoms with Crippen LogP contribution in [0.2, 0.25) is 0 Å². The Morgan fingerprint density at radius 2 is 2.06 bits per heavy atom. The van der Waals surface area contributed by atoms with Crippen molar-refractivity contribution in [3.8, 4) is 0 Å². The lowest BCUT2D eigenvalue weighted by atomic mass is 10.0. The summed E-state index contributed by atoms with van der Waals surface area (Å²) in [5, 5.41) is 2.81. The van der Waals surface area contributed by atoms with Crippen LogP contribution < -0.4 is 5.32 Å². The van der Waals surface area contributed by atoms with Crippen LogP contribution >= 0.6 is 0 Å². The highest BCUT2D eigenvalue weighted by atomic mass is 16.5. The van der Waals surface area contributed by atoms with Crippen molar-refractivity contribution >= 4 is 17.4 Å². The highest BCUT2D eigenvalue weighted by molar-refractivity contribution is 6.04. The number of anilines is 1. The Morgan fingerprint density at radius 3 is 2.67 bits per heavy atom. The Bertz CT molecular complexity index is 470. The zero-order valence-corrected chi connectivity index (χ0v) is 10.6. The van der Waals surface area contributed by atoms with E-state index in [-0.39, 0.29) is 23.7 Å². The molecule has 2 rings (SSSR count). The van der Waals surface area contributed by atoms with Crippen LogP contribution in [0.5, 0.6) is 0 Å². The molecule has 0 saturated carbocycles. The van der Waals surface area contributed by atoms with E-state index in [0.717, 1.165) is 6.42 Å². The summed E-state index contributed by atoms with van der Waals surface area (Å²) in [5.41, 5.74) is 1.12. The first-order chi connectivity index (χ1) is 8.58. The van der Waals surface area contributed by atoms with Gasteiger partial charge in [0.15, 0.2) is 5.78 Å². The maximum Gasteiger partial charge on any atom is 0.229 e. The molecule has 1 N–H and O–H groups in total. The van der Waals surface area contributed by atoms with Gasteiger partial charge in [0.1, 0.15) is 0 Å². The number of carbonyl (C=O) groups excluding carboxylic acids is 2. The van der Waals surface area contributed by atoms with Gasteiger partial charge in [-0.05, 0) is 32.4 Å². The minimum atomic E-state index is -0.125. The molecule has 1 aliphatic heterocycles. The number of carbonyl (C=O) groups is 2. The fraction of sp³-hybridized carbons (Fsp3) is 0.429. The van der Waals surface area contributed by atoms with Crippen molar-refractivity contribution in [2.45, 2.75) is 26.4 Å². The van der Waals surface area contributed by atoms with Gasteiger partial charge in [0.25, 0.3) is 0 Å². The summed E-state index contributed by atoms with van der Waals surface area (Å²) < 4.78 is 5.37. The lowest BCUT2D eigenvalue weighted by molar-refractivity contribution is -0.119. The molecule has 4 heteroatoms. The van der Waals surface area contributed by atoms with Crippen LogP contribution in [0.15, 0.2) is 24.3 Å². The Morgan fingerprint density at radius 1 is 1.33 bits per heavy atom. The molecule has 0 aliphatic carbocycles. The third-order valence-electron chi connectivity index (χ3n) is 3.13. The number of benzene rings is 1. The van der Waals surface area contributed by atoms with Crippen molar-refractivity contribution < 1.29 is 14.3 Å². The molecule has 1 fully saturated rings. The molecule has 0 radical (unpaired) electrons.